The molecule has 2 amide bonds. The molecule has 1 fully saturated rings. The van der Waals surface area contributed by atoms with Crippen LogP contribution in [0.3, 0.4) is 0 Å². The molecule has 1 saturated heterocycles. The smallest absolute Gasteiger partial charge is 0.225 e. The molecule has 2 rings (SSSR count). The second-order valence-corrected chi connectivity index (χ2v) is 5.73. The van der Waals surface area contributed by atoms with E-state index in [1.54, 1.807) is 12.0 Å². The van der Waals surface area contributed by atoms with Crippen molar-refractivity contribution in [2.24, 2.45) is 5.92 Å². The van der Waals surface area contributed by atoms with Gasteiger partial charge in [0.05, 0.1) is 18.6 Å². The Kier molecular flexibility index (Phi) is 5.95. The van der Waals surface area contributed by atoms with E-state index >= 15 is 0 Å². The quantitative estimate of drug-likeness (QED) is 0.832. The lowest BCUT2D eigenvalue weighted by Gasteiger charge is -2.19. The molecule has 1 N–H and O–H groups in total. The van der Waals surface area contributed by atoms with Crippen LogP contribution >= 0.6 is 0 Å². The van der Waals surface area contributed by atoms with E-state index < -0.39 is 0 Å². The molecule has 0 bridgehead atoms. The SMILES string of the molecule is CC[C@@H](COC)NC(=O)[C@@H]1CC(=O)N(Cc2ccccc2)C1. The Hall–Kier alpha value is -1.88. The molecule has 5 nitrogen and oxygen atoms in total. The number of likely N-dealkylation sites (tertiary alicyclic amines) is 1. The summed E-state index contributed by atoms with van der Waals surface area (Å²) in [6.45, 7) is 3.56. The van der Waals surface area contributed by atoms with E-state index in [1.165, 1.54) is 0 Å². The molecule has 0 saturated carbocycles. The van der Waals surface area contributed by atoms with Crippen molar-refractivity contribution in [3.05, 3.63) is 35.9 Å². The summed E-state index contributed by atoms with van der Waals surface area (Å²) < 4.78 is 5.09. The highest BCUT2D eigenvalue weighted by Gasteiger charge is 2.34. The topological polar surface area (TPSA) is 58.6 Å². The third kappa shape index (κ3) is 4.31. The summed E-state index contributed by atoms with van der Waals surface area (Å²) in [7, 11) is 1.62. The first-order valence-corrected chi connectivity index (χ1v) is 7.75. The van der Waals surface area contributed by atoms with Gasteiger partial charge in [-0.2, -0.15) is 0 Å². The molecule has 1 aliphatic rings. The van der Waals surface area contributed by atoms with Crippen LogP contribution in [0.2, 0.25) is 0 Å². The maximum atomic E-state index is 12.3. The number of benzene rings is 1. The number of ether oxygens (including phenoxy) is 1. The van der Waals surface area contributed by atoms with Gasteiger partial charge in [0.25, 0.3) is 0 Å². The molecule has 1 aromatic rings. The summed E-state index contributed by atoms with van der Waals surface area (Å²) in [5.41, 5.74) is 1.09. The van der Waals surface area contributed by atoms with E-state index in [-0.39, 0.29) is 23.8 Å². The number of carbonyl (C=O) groups excluding carboxylic acids is 2. The Balaban J connectivity index is 1.89. The van der Waals surface area contributed by atoms with Crippen LogP contribution in [0.15, 0.2) is 30.3 Å². The second-order valence-electron chi connectivity index (χ2n) is 5.73. The van der Waals surface area contributed by atoms with Crippen LogP contribution in [0.4, 0.5) is 0 Å². The first-order valence-electron chi connectivity index (χ1n) is 7.75. The van der Waals surface area contributed by atoms with Crippen LogP contribution in [0.1, 0.15) is 25.3 Å². The van der Waals surface area contributed by atoms with Crippen molar-refractivity contribution in [3.8, 4) is 0 Å². The van der Waals surface area contributed by atoms with Gasteiger partial charge in [-0.3, -0.25) is 9.59 Å². The van der Waals surface area contributed by atoms with Crippen molar-refractivity contribution in [2.75, 3.05) is 20.3 Å². The van der Waals surface area contributed by atoms with Gasteiger partial charge in [0, 0.05) is 26.6 Å². The highest BCUT2D eigenvalue weighted by Crippen LogP contribution is 2.20. The molecule has 120 valence electrons. The van der Waals surface area contributed by atoms with E-state index in [9.17, 15) is 9.59 Å². The van der Waals surface area contributed by atoms with Crippen LogP contribution in [-0.4, -0.2) is 43.0 Å². The third-order valence-electron chi connectivity index (χ3n) is 4.01. The van der Waals surface area contributed by atoms with Crippen LogP contribution in [0.25, 0.3) is 0 Å². The molecule has 1 aliphatic heterocycles. The van der Waals surface area contributed by atoms with E-state index in [4.69, 9.17) is 4.74 Å². The predicted octanol–water partition coefficient (Wildman–Crippen LogP) is 1.58. The zero-order chi connectivity index (χ0) is 15.9. The van der Waals surface area contributed by atoms with Crippen molar-refractivity contribution in [2.45, 2.75) is 32.4 Å². The fourth-order valence-corrected chi connectivity index (χ4v) is 2.69. The van der Waals surface area contributed by atoms with Gasteiger partial charge in [0.15, 0.2) is 0 Å². The molecular formula is C17H24N2O3. The highest BCUT2D eigenvalue weighted by molar-refractivity contribution is 5.89. The first kappa shape index (κ1) is 16.5. The van der Waals surface area contributed by atoms with Gasteiger partial charge in [0.1, 0.15) is 0 Å². The predicted molar refractivity (Wildman–Crippen MR) is 84.1 cm³/mol. The largest absolute Gasteiger partial charge is 0.383 e. The Bertz CT molecular complexity index is 504. The summed E-state index contributed by atoms with van der Waals surface area (Å²) in [6.07, 6.45) is 1.11. The van der Waals surface area contributed by atoms with Crippen molar-refractivity contribution in [1.82, 2.24) is 10.2 Å². The number of methoxy groups -OCH3 is 1. The Morgan fingerprint density at radius 3 is 2.77 bits per heavy atom. The van der Waals surface area contributed by atoms with Gasteiger partial charge in [0.2, 0.25) is 11.8 Å². The molecule has 1 aromatic carbocycles. The van der Waals surface area contributed by atoms with E-state index in [1.807, 2.05) is 37.3 Å². The molecule has 0 aliphatic carbocycles. The molecule has 0 aromatic heterocycles. The van der Waals surface area contributed by atoms with Gasteiger partial charge in [-0.05, 0) is 12.0 Å². The highest BCUT2D eigenvalue weighted by atomic mass is 16.5. The zero-order valence-corrected chi connectivity index (χ0v) is 13.2. The van der Waals surface area contributed by atoms with Crippen molar-refractivity contribution in [3.63, 3.8) is 0 Å². The molecule has 1 heterocycles. The molecule has 22 heavy (non-hydrogen) atoms. The van der Waals surface area contributed by atoms with E-state index in [0.29, 0.717) is 26.1 Å². The summed E-state index contributed by atoms with van der Waals surface area (Å²) >= 11 is 0. The standard InChI is InChI=1S/C17H24N2O3/c1-3-15(12-22-2)18-17(21)14-9-16(20)19(11-14)10-13-7-5-4-6-8-13/h4-8,14-15H,3,9-12H2,1-2H3,(H,18,21)/t14-,15+/m1/s1. The van der Waals surface area contributed by atoms with E-state index in [0.717, 1.165) is 12.0 Å². The van der Waals surface area contributed by atoms with Gasteiger partial charge in [-0.15, -0.1) is 0 Å². The minimum Gasteiger partial charge on any atom is -0.383 e. The third-order valence-corrected chi connectivity index (χ3v) is 4.01. The first-order chi connectivity index (χ1) is 10.6. The summed E-state index contributed by atoms with van der Waals surface area (Å²) in [6, 6.07) is 9.86. The van der Waals surface area contributed by atoms with Crippen LogP contribution in [0, 0.1) is 5.92 Å². The fourth-order valence-electron chi connectivity index (χ4n) is 2.69. The lowest BCUT2D eigenvalue weighted by atomic mass is 10.1. The van der Waals surface area contributed by atoms with Gasteiger partial charge in [-0.1, -0.05) is 37.3 Å². The molecule has 2 atom stereocenters. The lowest BCUT2D eigenvalue weighted by Crippen LogP contribution is -2.41. The number of hydrogen-bond acceptors (Lipinski definition) is 3. The summed E-state index contributed by atoms with van der Waals surface area (Å²) in [4.78, 5) is 26.1. The number of amides is 2. The van der Waals surface area contributed by atoms with Crippen molar-refractivity contribution < 1.29 is 14.3 Å². The number of hydrogen-bond donors (Lipinski definition) is 1. The minimum atomic E-state index is -0.262. The van der Waals surface area contributed by atoms with Crippen LogP contribution < -0.4 is 5.32 Å². The Morgan fingerprint density at radius 1 is 1.41 bits per heavy atom. The summed E-state index contributed by atoms with van der Waals surface area (Å²) in [5, 5.41) is 2.97. The number of nitrogens with one attached hydrogen (secondary N) is 1. The number of rotatable bonds is 7. The van der Waals surface area contributed by atoms with Crippen molar-refractivity contribution >= 4 is 11.8 Å². The normalized spacial score (nSPS) is 19.3. The van der Waals surface area contributed by atoms with Crippen LogP contribution in [0.5, 0.6) is 0 Å². The average Bonchev–Trinajstić information content (AvgIpc) is 2.89. The maximum absolute atomic E-state index is 12.3. The Morgan fingerprint density at radius 2 is 2.14 bits per heavy atom. The maximum Gasteiger partial charge on any atom is 0.225 e. The molecule has 0 spiro atoms. The molecular weight excluding hydrogens is 280 g/mol. The van der Waals surface area contributed by atoms with Gasteiger partial charge < -0.3 is 15.0 Å². The number of carbonyl (C=O) groups is 2. The average molecular weight is 304 g/mol. The molecule has 0 unspecified atom stereocenters. The lowest BCUT2D eigenvalue weighted by molar-refractivity contribution is -0.129. The Labute approximate surface area is 131 Å². The fraction of sp³-hybridized carbons (Fsp3) is 0.529. The zero-order valence-electron chi connectivity index (χ0n) is 13.2. The van der Waals surface area contributed by atoms with Crippen LogP contribution in [-0.2, 0) is 20.9 Å². The van der Waals surface area contributed by atoms with Gasteiger partial charge in [-0.25, -0.2) is 0 Å². The van der Waals surface area contributed by atoms with E-state index in [2.05, 4.69) is 5.32 Å². The second kappa shape index (κ2) is 7.94. The number of nitrogens with zero attached hydrogens (tertiary/aromatic N) is 1. The monoisotopic (exact) mass is 304 g/mol. The van der Waals surface area contributed by atoms with Gasteiger partial charge >= 0.3 is 0 Å². The molecule has 5 heteroatoms. The minimum absolute atomic E-state index is 0.00998. The summed E-state index contributed by atoms with van der Waals surface area (Å²) in [5.74, 6) is -0.265. The molecule has 0 radical (unpaired) electrons. The van der Waals surface area contributed by atoms with Crippen molar-refractivity contribution in [1.29, 1.82) is 0 Å².